The summed E-state index contributed by atoms with van der Waals surface area (Å²) in [5.74, 6) is 0. The number of aromatic amines is 1. The molecule has 8 heavy (non-hydrogen) atoms. The Kier molecular flexibility index (Phi) is 21.0. The second-order valence-electron chi connectivity index (χ2n) is 0.761. The summed E-state index contributed by atoms with van der Waals surface area (Å²) in [5, 5.41) is 0. The first-order valence-electron chi connectivity index (χ1n) is 1.43. The summed E-state index contributed by atoms with van der Waals surface area (Å²) in [6.07, 6.45) is 5.08. The Morgan fingerprint density at radius 2 is 1.75 bits per heavy atom. The van der Waals surface area contributed by atoms with Crippen LogP contribution in [0.25, 0.3) is 0 Å². The van der Waals surface area contributed by atoms with Gasteiger partial charge < -0.3 is 4.98 Å². The Morgan fingerprint density at radius 3 is 1.88 bits per heavy atom. The van der Waals surface area contributed by atoms with Crippen LogP contribution in [-0.4, -0.2) is 9.97 Å². The number of aromatic nitrogens is 2. The lowest BCUT2D eigenvalue weighted by atomic mass is 11.0. The van der Waals surface area contributed by atoms with Crippen molar-refractivity contribution in [3.8, 4) is 0 Å². The van der Waals surface area contributed by atoms with Crippen LogP contribution in [0.3, 0.4) is 0 Å². The molecule has 0 spiro atoms. The van der Waals surface area contributed by atoms with Gasteiger partial charge in [0.05, 0.1) is 6.33 Å². The third-order valence-corrected chi connectivity index (χ3v) is 0.406. The van der Waals surface area contributed by atoms with Crippen LogP contribution in [0.1, 0.15) is 0 Å². The maximum absolute atomic E-state index is 3.67. The van der Waals surface area contributed by atoms with Crippen molar-refractivity contribution in [2.75, 3.05) is 0 Å². The standard InChI is InChI=1S/C3H4N2.3BrH/c1-2-5-3-4-1;;;/h1-3H,(H,4,5);3*1H. The van der Waals surface area contributed by atoms with E-state index >= 15 is 0 Å². The fourth-order valence-corrected chi connectivity index (χ4v) is 0.215. The van der Waals surface area contributed by atoms with Crippen molar-refractivity contribution in [2.45, 2.75) is 0 Å². The highest BCUT2D eigenvalue weighted by atomic mass is 79.9. The lowest BCUT2D eigenvalue weighted by molar-refractivity contribution is 1.31. The van der Waals surface area contributed by atoms with Crippen molar-refractivity contribution in [1.29, 1.82) is 0 Å². The molecular formula is C3H7Br3N2. The lowest BCUT2D eigenvalue weighted by Crippen LogP contribution is -1.44. The Balaban J connectivity index is -0.0000000833. The van der Waals surface area contributed by atoms with Crippen molar-refractivity contribution < 1.29 is 0 Å². The number of nitrogens with one attached hydrogen (secondary N) is 1. The zero-order valence-corrected chi connectivity index (χ0v) is 9.04. The first-order chi connectivity index (χ1) is 2.50. The maximum Gasteiger partial charge on any atom is 0.0919 e. The largest absolute Gasteiger partial charge is 0.351 e. The molecule has 0 amide bonds. The summed E-state index contributed by atoms with van der Waals surface area (Å²) >= 11 is 0. The van der Waals surface area contributed by atoms with E-state index in [2.05, 4.69) is 9.97 Å². The molecule has 0 saturated carbocycles. The van der Waals surface area contributed by atoms with Gasteiger partial charge in [0.15, 0.2) is 0 Å². The van der Waals surface area contributed by atoms with E-state index in [4.69, 9.17) is 0 Å². The number of nitrogens with zero attached hydrogens (tertiary/aromatic N) is 1. The highest BCUT2D eigenvalue weighted by Crippen LogP contribution is 1.62. The topological polar surface area (TPSA) is 28.7 Å². The first-order valence-corrected chi connectivity index (χ1v) is 1.43. The molecule has 0 bridgehead atoms. The molecule has 50 valence electrons. The summed E-state index contributed by atoms with van der Waals surface area (Å²) in [5.41, 5.74) is 0. The Bertz CT molecular complexity index is 69.0. The summed E-state index contributed by atoms with van der Waals surface area (Å²) < 4.78 is 0. The number of imidazole rings is 1. The van der Waals surface area contributed by atoms with E-state index in [1.807, 2.05) is 0 Å². The number of H-pyrrole nitrogens is 1. The average molecular weight is 311 g/mol. The zero-order valence-electron chi connectivity index (χ0n) is 3.90. The van der Waals surface area contributed by atoms with Crippen LogP contribution >= 0.6 is 50.9 Å². The second-order valence-corrected chi connectivity index (χ2v) is 0.761. The summed E-state index contributed by atoms with van der Waals surface area (Å²) in [6.45, 7) is 0. The summed E-state index contributed by atoms with van der Waals surface area (Å²) in [7, 11) is 0. The van der Waals surface area contributed by atoms with Crippen LogP contribution in [0.4, 0.5) is 0 Å². The van der Waals surface area contributed by atoms with Gasteiger partial charge in [-0.05, 0) is 0 Å². The quantitative estimate of drug-likeness (QED) is 0.781. The predicted molar refractivity (Wildman–Crippen MR) is 49.6 cm³/mol. The normalized spacial score (nSPS) is 5.00. The molecule has 0 saturated heterocycles. The Hall–Kier alpha value is 0.650. The van der Waals surface area contributed by atoms with Crippen molar-refractivity contribution in [3.05, 3.63) is 18.7 Å². The molecule has 0 aliphatic rings. The summed E-state index contributed by atoms with van der Waals surface area (Å²) in [4.78, 5) is 6.42. The highest BCUT2D eigenvalue weighted by molar-refractivity contribution is 8.93. The van der Waals surface area contributed by atoms with Gasteiger partial charge in [0, 0.05) is 12.4 Å². The van der Waals surface area contributed by atoms with Crippen LogP contribution in [-0.2, 0) is 0 Å². The fraction of sp³-hybridized carbons (Fsp3) is 0. The van der Waals surface area contributed by atoms with Gasteiger partial charge in [-0.3, -0.25) is 0 Å². The van der Waals surface area contributed by atoms with Gasteiger partial charge in [-0.25, -0.2) is 4.98 Å². The second kappa shape index (κ2) is 10.6. The van der Waals surface area contributed by atoms with Crippen LogP contribution in [0.5, 0.6) is 0 Å². The van der Waals surface area contributed by atoms with E-state index in [-0.39, 0.29) is 50.9 Å². The molecule has 0 unspecified atom stereocenters. The summed E-state index contributed by atoms with van der Waals surface area (Å²) in [6, 6.07) is 0. The van der Waals surface area contributed by atoms with Crippen LogP contribution in [0, 0.1) is 0 Å². The molecular weight excluding hydrogens is 304 g/mol. The van der Waals surface area contributed by atoms with Gasteiger partial charge in [-0.15, -0.1) is 50.9 Å². The molecule has 0 radical (unpaired) electrons. The zero-order chi connectivity index (χ0) is 3.54. The van der Waals surface area contributed by atoms with E-state index < -0.39 is 0 Å². The molecule has 0 aliphatic heterocycles. The third-order valence-electron chi connectivity index (χ3n) is 0.406. The minimum Gasteiger partial charge on any atom is -0.351 e. The van der Waals surface area contributed by atoms with E-state index in [1.54, 1.807) is 18.7 Å². The molecule has 1 aromatic rings. The van der Waals surface area contributed by atoms with Crippen molar-refractivity contribution in [2.24, 2.45) is 0 Å². The van der Waals surface area contributed by atoms with Gasteiger partial charge in [0.25, 0.3) is 0 Å². The van der Waals surface area contributed by atoms with E-state index in [0.717, 1.165) is 0 Å². The molecule has 0 aromatic carbocycles. The third kappa shape index (κ3) is 6.65. The minimum atomic E-state index is 0. The van der Waals surface area contributed by atoms with Gasteiger partial charge in [0.2, 0.25) is 0 Å². The lowest BCUT2D eigenvalue weighted by Gasteiger charge is -1.46. The van der Waals surface area contributed by atoms with Crippen LogP contribution < -0.4 is 0 Å². The van der Waals surface area contributed by atoms with Crippen molar-refractivity contribution >= 4 is 50.9 Å². The van der Waals surface area contributed by atoms with Gasteiger partial charge in [-0.2, -0.15) is 0 Å². The smallest absolute Gasteiger partial charge is 0.0919 e. The molecule has 0 aliphatic carbocycles. The first kappa shape index (κ1) is 15.9. The SMILES string of the molecule is Br.Br.Br.c1c[nH]cn1. The van der Waals surface area contributed by atoms with Gasteiger partial charge >= 0.3 is 0 Å². The number of rotatable bonds is 0. The number of hydrogen-bond acceptors (Lipinski definition) is 1. The molecule has 1 rings (SSSR count). The molecule has 0 fully saturated rings. The molecule has 1 aromatic heterocycles. The molecule has 0 atom stereocenters. The van der Waals surface area contributed by atoms with Crippen LogP contribution in [0.15, 0.2) is 18.7 Å². The molecule has 2 nitrogen and oxygen atoms in total. The number of halogens is 3. The average Bonchev–Trinajstić information content (AvgIpc) is 1.76. The van der Waals surface area contributed by atoms with E-state index in [9.17, 15) is 0 Å². The molecule has 1 N–H and O–H groups in total. The van der Waals surface area contributed by atoms with Crippen LogP contribution in [0.2, 0.25) is 0 Å². The van der Waals surface area contributed by atoms with E-state index in [0.29, 0.717) is 0 Å². The number of hydrogen-bond donors (Lipinski definition) is 1. The fourth-order valence-electron chi connectivity index (χ4n) is 0.215. The Labute approximate surface area is 79.4 Å². The van der Waals surface area contributed by atoms with E-state index in [1.165, 1.54) is 0 Å². The predicted octanol–water partition coefficient (Wildman–Crippen LogP) is 2.14. The van der Waals surface area contributed by atoms with Gasteiger partial charge in [0.1, 0.15) is 0 Å². The molecule has 5 heteroatoms. The maximum atomic E-state index is 3.67. The van der Waals surface area contributed by atoms with Crippen molar-refractivity contribution in [1.82, 2.24) is 9.97 Å². The highest BCUT2D eigenvalue weighted by Gasteiger charge is 1.56. The minimum absolute atomic E-state index is 0. The Morgan fingerprint density at radius 1 is 1.12 bits per heavy atom. The van der Waals surface area contributed by atoms with Gasteiger partial charge in [-0.1, -0.05) is 0 Å². The monoisotopic (exact) mass is 308 g/mol. The molecule has 1 heterocycles. The van der Waals surface area contributed by atoms with Crippen molar-refractivity contribution in [3.63, 3.8) is 0 Å².